The van der Waals surface area contributed by atoms with Crippen LogP contribution in [0.2, 0.25) is 0 Å². The van der Waals surface area contributed by atoms with Crippen molar-refractivity contribution >= 4 is 11.0 Å². The third-order valence-electron chi connectivity index (χ3n) is 3.59. The van der Waals surface area contributed by atoms with E-state index in [4.69, 9.17) is 10.2 Å². The Morgan fingerprint density at radius 1 is 1.35 bits per heavy atom. The molecule has 0 radical (unpaired) electrons. The Morgan fingerprint density at radius 2 is 2.05 bits per heavy atom. The Bertz CT molecular complexity index is 653. The van der Waals surface area contributed by atoms with E-state index in [9.17, 15) is 0 Å². The van der Waals surface area contributed by atoms with Crippen LogP contribution in [0.5, 0.6) is 0 Å². The van der Waals surface area contributed by atoms with Gasteiger partial charge in [0, 0.05) is 13.5 Å². The van der Waals surface area contributed by atoms with Crippen LogP contribution in [0, 0.1) is 22.7 Å². The van der Waals surface area contributed by atoms with E-state index in [-0.39, 0.29) is 0 Å². The highest BCUT2D eigenvalue weighted by Crippen LogP contribution is 2.27. The molecule has 1 unspecified atom stereocenters. The van der Waals surface area contributed by atoms with Crippen LogP contribution in [0.1, 0.15) is 45.5 Å². The Morgan fingerprint density at radius 3 is 2.65 bits per heavy atom. The molecule has 0 aliphatic rings. The predicted molar refractivity (Wildman–Crippen MR) is 82.4 cm³/mol. The molecule has 2 rings (SSSR count). The van der Waals surface area contributed by atoms with Crippen molar-refractivity contribution in [3.05, 3.63) is 29.6 Å². The number of fused-ring (bicyclic) bond motifs is 1. The number of aryl methyl sites for hydroxylation is 1. The molecule has 3 nitrogen and oxygen atoms in total. The Hall–Kier alpha value is -1.82. The van der Waals surface area contributed by atoms with Crippen LogP contribution in [0.25, 0.3) is 11.0 Å². The van der Waals surface area contributed by atoms with Crippen molar-refractivity contribution in [3.63, 3.8) is 0 Å². The molecule has 0 aliphatic heterocycles. The maximum atomic E-state index is 8.96. The summed E-state index contributed by atoms with van der Waals surface area (Å²) in [4.78, 5) is 4.70. The second kappa shape index (κ2) is 5.28. The first-order valence-electron chi connectivity index (χ1n) is 7.15. The lowest BCUT2D eigenvalue weighted by atomic mass is 9.84. The minimum absolute atomic E-state index is 0.345. The number of aromatic nitrogens is 2. The molecule has 0 saturated heterocycles. The van der Waals surface area contributed by atoms with Crippen LogP contribution < -0.4 is 0 Å². The van der Waals surface area contributed by atoms with Crippen LogP contribution in [0.15, 0.2) is 18.2 Å². The molecule has 20 heavy (non-hydrogen) atoms. The van der Waals surface area contributed by atoms with Gasteiger partial charge in [-0.25, -0.2) is 4.98 Å². The van der Waals surface area contributed by atoms with Crippen LogP contribution in [-0.4, -0.2) is 9.55 Å². The lowest BCUT2D eigenvalue weighted by Crippen LogP contribution is -2.14. The van der Waals surface area contributed by atoms with Crippen molar-refractivity contribution in [2.24, 2.45) is 18.4 Å². The fraction of sp³-hybridized carbons (Fsp3) is 0.529. The summed E-state index contributed by atoms with van der Waals surface area (Å²) < 4.78 is 2.15. The number of benzene rings is 1. The molecule has 3 heteroatoms. The summed E-state index contributed by atoms with van der Waals surface area (Å²) in [5, 5.41) is 8.96. The van der Waals surface area contributed by atoms with Gasteiger partial charge in [-0.15, -0.1) is 0 Å². The molecular formula is C17H23N3. The number of hydrogen-bond acceptors (Lipinski definition) is 2. The van der Waals surface area contributed by atoms with Crippen LogP contribution in [0.4, 0.5) is 0 Å². The quantitative estimate of drug-likeness (QED) is 0.843. The second-order valence-corrected chi connectivity index (χ2v) is 6.98. The minimum atomic E-state index is 0.345. The van der Waals surface area contributed by atoms with E-state index in [1.807, 2.05) is 18.2 Å². The first-order valence-corrected chi connectivity index (χ1v) is 7.15. The molecule has 1 heterocycles. The molecule has 1 aromatic carbocycles. The highest BCUT2D eigenvalue weighted by molar-refractivity contribution is 5.77. The minimum Gasteiger partial charge on any atom is -0.331 e. The molecule has 1 atom stereocenters. The van der Waals surface area contributed by atoms with E-state index in [2.05, 4.69) is 45.4 Å². The van der Waals surface area contributed by atoms with Crippen molar-refractivity contribution in [1.29, 1.82) is 5.26 Å². The molecule has 0 N–H and O–H groups in total. The predicted octanol–water partition coefficient (Wildman–Crippen LogP) is 4.06. The van der Waals surface area contributed by atoms with E-state index in [0.717, 1.165) is 23.3 Å². The van der Waals surface area contributed by atoms with Crippen molar-refractivity contribution in [2.45, 2.75) is 40.5 Å². The van der Waals surface area contributed by atoms with Gasteiger partial charge in [0.1, 0.15) is 5.82 Å². The van der Waals surface area contributed by atoms with Gasteiger partial charge in [-0.1, -0.05) is 27.7 Å². The van der Waals surface area contributed by atoms with Crippen molar-refractivity contribution in [1.82, 2.24) is 9.55 Å². The SMILES string of the molecule is CC(Cc1nc2cc(C#N)ccc2n1C)CC(C)(C)C. The summed E-state index contributed by atoms with van der Waals surface area (Å²) in [5.74, 6) is 1.70. The third kappa shape index (κ3) is 3.19. The fourth-order valence-corrected chi connectivity index (χ4v) is 2.93. The van der Waals surface area contributed by atoms with Gasteiger partial charge in [-0.3, -0.25) is 0 Å². The molecule has 0 bridgehead atoms. The highest BCUT2D eigenvalue weighted by atomic mass is 15.1. The zero-order chi connectivity index (χ0) is 14.9. The Balaban J connectivity index is 2.27. The number of nitrogens with zero attached hydrogens (tertiary/aromatic N) is 3. The molecule has 106 valence electrons. The van der Waals surface area contributed by atoms with Gasteiger partial charge in [0.2, 0.25) is 0 Å². The molecule has 1 aromatic heterocycles. The molecule has 0 fully saturated rings. The highest BCUT2D eigenvalue weighted by Gasteiger charge is 2.18. The second-order valence-electron chi connectivity index (χ2n) is 6.98. The summed E-state index contributed by atoms with van der Waals surface area (Å²) >= 11 is 0. The molecule has 0 saturated carbocycles. The Kier molecular flexibility index (Phi) is 3.85. The molecule has 0 amide bonds. The summed E-state index contributed by atoms with van der Waals surface area (Å²) in [5.41, 5.74) is 3.04. The maximum Gasteiger partial charge on any atom is 0.109 e. The molecular weight excluding hydrogens is 246 g/mol. The van der Waals surface area contributed by atoms with E-state index < -0.39 is 0 Å². The fourth-order valence-electron chi connectivity index (χ4n) is 2.93. The first kappa shape index (κ1) is 14.6. The normalized spacial score (nSPS) is 13.4. The zero-order valence-corrected chi connectivity index (χ0v) is 13.1. The summed E-state index contributed by atoms with van der Waals surface area (Å²) in [6.45, 7) is 9.11. The standard InChI is InChI=1S/C17H23N3/c1-12(10-17(2,3)4)8-16-19-14-9-13(11-18)6-7-15(14)20(16)5/h6-7,9,12H,8,10H2,1-5H3. The first-order chi connectivity index (χ1) is 9.30. The topological polar surface area (TPSA) is 41.6 Å². The summed E-state index contributed by atoms with van der Waals surface area (Å²) in [6.07, 6.45) is 2.16. The van der Waals surface area contributed by atoms with E-state index in [0.29, 0.717) is 16.9 Å². The van der Waals surface area contributed by atoms with Crippen LogP contribution in [0.3, 0.4) is 0 Å². The van der Waals surface area contributed by atoms with Crippen molar-refractivity contribution < 1.29 is 0 Å². The smallest absolute Gasteiger partial charge is 0.109 e. The lowest BCUT2D eigenvalue weighted by Gasteiger charge is -2.22. The van der Waals surface area contributed by atoms with Gasteiger partial charge in [0.25, 0.3) is 0 Å². The van der Waals surface area contributed by atoms with Gasteiger partial charge in [0.15, 0.2) is 0 Å². The molecule has 0 aliphatic carbocycles. The monoisotopic (exact) mass is 269 g/mol. The summed E-state index contributed by atoms with van der Waals surface area (Å²) in [7, 11) is 2.06. The average molecular weight is 269 g/mol. The van der Waals surface area contributed by atoms with Gasteiger partial charge < -0.3 is 4.57 Å². The number of hydrogen-bond donors (Lipinski definition) is 0. The third-order valence-corrected chi connectivity index (χ3v) is 3.59. The van der Waals surface area contributed by atoms with E-state index >= 15 is 0 Å². The van der Waals surface area contributed by atoms with Crippen molar-refractivity contribution in [2.75, 3.05) is 0 Å². The molecule has 0 spiro atoms. The van der Waals surface area contributed by atoms with E-state index in [1.54, 1.807) is 0 Å². The maximum absolute atomic E-state index is 8.96. The van der Waals surface area contributed by atoms with Gasteiger partial charge >= 0.3 is 0 Å². The molecule has 2 aromatic rings. The number of nitriles is 1. The van der Waals surface area contributed by atoms with Gasteiger partial charge in [0.05, 0.1) is 22.7 Å². The Labute approximate surface area is 121 Å². The average Bonchev–Trinajstić information content (AvgIpc) is 2.63. The number of rotatable bonds is 3. The lowest BCUT2D eigenvalue weighted by molar-refractivity contribution is 0.303. The van der Waals surface area contributed by atoms with Crippen LogP contribution in [-0.2, 0) is 13.5 Å². The largest absolute Gasteiger partial charge is 0.331 e. The van der Waals surface area contributed by atoms with E-state index in [1.165, 1.54) is 6.42 Å². The zero-order valence-electron chi connectivity index (χ0n) is 13.1. The number of imidazole rings is 1. The van der Waals surface area contributed by atoms with Gasteiger partial charge in [-0.05, 0) is 36.0 Å². The van der Waals surface area contributed by atoms with Crippen LogP contribution >= 0.6 is 0 Å². The summed E-state index contributed by atoms with van der Waals surface area (Å²) in [6, 6.07) is 7.88. The van der Waals surface area contributed by atoms with Crippen molar-refractivity contribution in [3.8, 4) is 6.07 Å². The van der Waals surface area contributed by atoms with Gasteiger partial charge in [-0.2, -0.15) is 5.26 Å².